The van der Waals surface area contributed by atoms with Gasteiger partial charge in [-0.15, -0.1) is 0 Å². The van der Waals surface area contributed by atoms with Gasteiger partial charge in [-0.05, 0) is 18.3 Å². The van der Waals surface area contributed by atoms with E-state index in [1.54, 1.807) is 17.4 Å². The van der Waals surface area contributed by atoms with Gasteiger partial charge in [-0.3, -0.25) is 0 Å². The highest BCUT2D eigenvalue weighted by molar-refractivity contribution is 5.74. The summed E-state index contributed by atoms with van der Waals surface area (Å²) in [6, 6.07) is -0.0518. The Balaban J connectivity index is 2.33. The SMILES string of the molecule is CC(C)(C)CN(CCCO)C(=O)NCCCn1ccnc1. The largest absolute Gasteiger partial charge is 0.396 e. The first-order chi connectivity index (χ1) is 9.92. The maximum Gasteiger partial charge on any atom is 0.317 e. The molecule has 0 aliphatic rings. The van der Waals surface area contributed by atoms with Crippen LogP contribution in [0.5, 0.6) is 0 Å². The number of urea groups is 1. The van der Waals surface area contributed by atoms with Crippen molar-refractivity contribution in [3.8, 4) is 0 Å². The van der Waals surface area contributed by atoms with Crippen LogP contribution in [0.1, 0.15) is 33.6 Å². The Morgan fingerprint density at radius 3 is 2.71 bits per heavy atom. The summed E-state index contributed by atoms with van der Waals surface area (Å²) in [4.78, 5) is 18.0. The molecule has 6 heteroatoms. The quantitative estimate of drug-likeness (QED) is 0.718. The molecule has 0 bridgehead atoms. The van der Waals surface area contributed by atoms with E-state index in [9.17, 15) is 4.79 Å². The molecule has 0 saturated carbocycles. The Bertz CT molecular complexity index is 398. The van der Waals surface area contributed by atoms with Crippen LogP contribution in [-0.2, 0) is 6.54 Å². The third kappa shape index (κ3) is 7.70. The van der Waals surface area contributed by atoms with Gasteiger partial charge >= 0.3 is 6.03 Å². The molecule has 0 saturated heterocycles. The highest BCUT2D eigenvalue weighted by atomic mass is 16.3. The molecule has 120 valence electrons. The number of aryl methyl sites for hydroxylation is 1. The summed E-state index contributed by atoms with van der Waals surface area (Å²) in [6.45, 7) is 9.16. The minimum atomic E-state index is -0.0518. The van der Waals surface area contributed by atoms with Crippen LogP contribution in [0.4, 0.5) is 4.79 Å². The molecule has 0 aliphatic carbocycles. The number of imidazole rings is 1. The topological polar surface area (TPSA) is 70.4 Å². The Labute approximate surface area is 127 Å². The van der Waals surface area contributed by atoms with Gasteiger partial charge in [-0.2, -0.15) is 0 Å². The number of carbonyl (C=O) groups excluding carboxylic acids is 1. The Morgan fingerprint density at radius 2 is 2.14 bits per heavy atom. The van der Waals surface area contributed by atoms with Gasteiger partial charge in [0.1, 0.15) is 0 Å². The minimum Gasteiger partial charge on any atom is -0.396 e. The van der Waals surface area contributed by atoms with Crippen molar-refractivity contribution in [2.75, 3.05) is 26.2 Å². The van der Waals surface area contributed by atoms with Gasteiger partial charge in [0.2, 0.25) is 0 Å². The summed E-state index contributed by atoms with van der Waals surface area (Å²) < 4.78 is 1.99. The first-order valence-corrected chi connectivity index (χ1v) is 7.52. The third-order valence-electron chi connectivity index (χ3n) is 2.97. The number of hydrogen-bond donors (Lipinski definition) is 2. The highest BCUT2D eigenvalue weighted by Gasteiger charge is 2.20. The second-order valence-electron chi connectivity index (χ2n) is 6.45. The zero-order chi connectivity index (χ0) is 15.7. The van der Waals surface area contributed by atoms with Crippen LogP contribution in [0.25, 0.3) is 0 Å². The van der Waals surface area contributed by atoms with Gasteiger partial charge in [-0.1, -0.05) is 20.8 Å². The fourth-order valence-corrected chi connectivity index (χ4v) is 2.07. The molecule has 1 aromatic rings. The van der Waals surface area contributed by atoms with Gasteiger partial charge in [-0.25, -0.2) is 9.78 Å². The Morgan fingerprint density at radius 1 is 1.38 bits per heavy atom. The molecule has 21 heavy (non-hydrogen) atoms. The third-order valence-corrected chi connectivity index (χ3v) is 2.97. The average molecular weight is 296 g/mol. The first-order valence-electron chi connectivity index (χ1n) is 7.52. The normalized spacial score (nSPS) is 11.4. The summed E-state index contributed by atoms with van der Waals surface area (Å²) in [7, 11) is 0. The van der Waals surface area contributed by atoms with E-state index in [-0.39, 0.29) is 18.1 Å². The second kappa shape index (κ2) is 8.67. The molecule has 2 amide bonds. The highest BCUT2D eigenvalue weighted by Crippen LogP contribution is 2.15. The molecule has 2 N–H and O–H groups in total. The number of aliphatic hydroxyl groups excluding tert-OH is 1. The molecule has 0 radical (unpaired) electrons. The molecule has 0 fully saturated rings. The van der Waals surface area contributed by atoms with E-state index in [1.165, 1.54) is 0 Å². The lowest BCUT2D eigenvalue weighted by Crippen LogP contribution is -2.45. The van der Waals surface area contributed by atoms with E-state index >= 15 is 0 Å². The van der Waals surface area contributed by atoms with Crippen LogP contribution >= 0.6 is 0 Å². The zero-order valence-electron chi connectivity index (χ0n) is 13.4. The molecule has 0 aromatic carbocycles. The molecular formula is C15H28N4O2. The van der Waals surface area contributed by atoms with Crippen LogP contribution in [0.2, 0.25) is 0 Å². The molecule has 6 nitrogen and oxygen atoms in total. The molecule has 0 spiro atoms. The minimum absolute atomic E-state index is 0.0452. The first kappa shape index (κ1) is 17.5. The van der Waals surface area contributed by atoms with Crippen molar-refractivity contribution in [3.05, 3.63) is 18.7 Å². The molecule has 1 rings (SSSR count). The Kier molecular flexibility index (Phi) is 7.22. The molecule has 0 aliphatic heterocycles. The fraction of sp³-hybridized carbons (Fsp3) is 0.733. The van der Waals surface area contributed by atoms with Crippen LogP contribution in [0.3, 0.4) is 0 Å². The summed E-state index contributed by atoms with van der Waals surface area (Å²) >= 11 is 0. The fourth-order valence-electron chi connectivity index (χ4n) is 2.07. The van der Waals surface area contributed by atoms with Crippen LogP contribution in [-0.4, -0.2) is 51.8 Å². The van der Waals surface area contributed by atoms with E-state index < -0.39 is 0 Å². The number of amides is 2. The standard InChI is InChI=1S/C15H28N4O2/c1-15(2,3)12-19(9-5-11-20)14(21)17-6-4-8-18-10-7-16-13-18/h7,10,13,20H,4-6,8-9,11-12H2,1-3H3,(H,17,21). The van der Waals surface area contributed by atoms with Gasteiger partial charge in [0, 0.05) is 45.2 Å². The molecule has 0 unspecified atom stereocenters. The number of nitrogens with zero attached hydrogens (tertiary/aromatic N) is 3. The van der Waals surface area contributed by atoms with Gasteiger partial charge in [0.15, 0.2) is 0 Å². The number of aromatic nitrogens is 2. The molecule has 0 atom stereocenters. The maximum atomic E-state index is 12.2. The molecule has 1 aromatic heterocycles. The van der Waals surface area contributed by atoms with Gasteiger partial charge in [0.05, 0.1) is 6.33 Å². The Hall–Kier alpha value is -1.56. The monoisotopic (exact) mass is 296 g/mol. The van der Waals surface area contributed by atoms with Crippen molar-refractivity contribution >= 4 is 6.03 Å². The van der Waals surface area contributed by atoms with E-state index in [1.807, 2.05) is 10.8 Å². The second-order valence-corrected chi connectivity index (χ2v) is 6.45. The number of aliphatic hydroxyl groups is 1. The van der Waals surface area contributed by atoms with Gasteiger partial charge < -0.3 is 19.9 Å². The average Bonchev–Trinajstić information content (AvgIpc) is 2.91. The lowest BCUT2D eigenvalue weighted by molar-refractivity contribution is 0.164. The molecular weight excluding hydrogens is 268 g/mol. The summed E-state index contributed by atoms with van der Waals surface area (Å²) in [5, 5.41) is 11.9. The van der Waals surface area contributed by atoms with E-state index in [4.69, 9.17) is 5.11 Å². The van der Waals surface area contributed by atoms with Crippen LogP contribution < -0.4 is 5.32 Å². The summed E-state index contributed by atoms with van der Waals surface area (Å²) in [5.41, 5.74) is 0.0452. The number of nitrogens with one attached hydrogen (secondary N) is 1. The van der Waals surface area contributed by atoms with Crippen LogP contribution in [0, 0.1) is 5.41 Å². The summed E-state index contributed by atoms with van der Waals surface area (Å²) in [6.07, 6.45) is 6.91. The lowest BCUT2D eigenvalue weighted by atomic mass is 9.96. The van der Waals surface area contributed by atoms with Crippen molar-refractivity contribution < 1.29 is 9.90 Å². The number of rotatable bonds is 8. The van der Waals surface area contributed by atoms with Crippen molar-refractivity contribution in [3.63, 3.8) is 0 Å². The zero-order valence-corrected chi connectivity index (χ0v) is 13.4. The van der Waals surface area contributed by atoms with Crippen molar-refractivity contribution in [2.45, 2.75) is 40.2 Å². The van der Waals surface area contributed by atoms with E-state index in [0.29, 0.717) is 26.1 Å². The van der Waals surface area contributed by atoms with Gasteiger partial charge in [0.25, 0.3) is 0 Å². The van der Waals surface area contributed by atoms with E-state index in [0.717, 1.165) is 13.0 Å². The smallest absolute Gasteiger partial charge is 0.317 e. The van der Waals surface area contributed by atoms with Crippen molar-refractivity contribution in [1.29, 1.82) is 0 Å². The number of hydrogen-bond acceptors (Lipinski definition) is 3. The molecule has 1 heterocycles. The number of carbonyl (C=O) groups is 1. The van der Waals surface area contributed by atoms with E-state index in [2.05, 4.69) is 31.1 Å². The van der Waals surface area contributed by atoms with Crippen LogP contribution in [0.15, 0.2) is 18.7 Å². The maximum absolute atomic E-state index is 12.2. The predicted molar refractivity (Wildman–Crippen MR) is 83.0 cm³/mol. The lowest BCUT2D eigenvalue weighted by Gasteiger charge is -2.30. The van der Waals surface area contributed by atoms with Crippen molar-refractivity contribution in [2.24, 2.45) is 5.41 Å². The summed E-state index contributed by atoms with van der Waals surface area (Å²) in [5.74, 6) is 0. The van der Waals surface area contributed by atoms with Crippen molar-refractivity contribution in [1.82, 2.24) is 19.8 Å². The predicted octanol–water partition coefficient (Wildman–Crippen LogP) is 1.71.